The normalized spacial score (nSPS) is 16.4. The third-order valence-electron chi connectivity index (χ3n) is 6.19. The molecule has 2 heterocycles. The van der Waals surface area contributed by atoms with Crippen LogP contribution in [-0.2, 0) is 35.3 Å². The standard InChI is InChI=1S/C26H27F3N6O8S/c1-16-4-6-19(7-5-16)23-14-24(26(27,28)29)30-34(23)20-8-10-22(11-9-20)44(39,40)31-25(37)42-21-12-13-33(15-21)35(38)32-43-18(3)41-17(2)36/h4-11,14,18,21H,12-13,15H2,1-3H3,(H,31,37). The highest BCUT2D eigenvalue weighted by Gasteiger charge is 2.36. The highest BCUT2D eigenvalue weighted by Crippen LogP contribution is 2.33. The van der Waals surface area contributed by atoms with Crippen LogP contribution in [0.15, 0.2) is 64.8 Å². The van der Waals surface area contributed by atoms with E-state index in [-0.39, 0.29) is 40.8 Å². The number of aromatic nitrogens is 2. The lowest BCUT2D eigenvalue weighted by Crippen LogP contribution is -2.36. The number of hydrogen-bond acceptors (Lipinski definition) is 10. The fraction of sp³-hybridized carbons (Fsp3) is 0.346. The molecule has 2 unspecified atom stereocenters. The van der Waals surface area contributed by atoms with Gasteiger partial charge >= 0.3 is 18.2 Å². The van der Waals surface area contributed by atoms with Gasteiger partial charge in [-0.05, 0) is 37.3 Å². The first-order chi connectivity index (χ1) is 20.6. The number of hydrogen-bond donors (Lipinski definition) is 1. The van der Waals surface area contributed by atoms with Crippen LogP contribution in [0.2, 0.25) is 0 Å². The second-order valence-electron chi connectivity index (χ2n) is 9.64. The average molecular weight is 641 g/mol. The number of ether oxygens (including phenoxy) is 2. The minimum absolute atomic E-state index is 0.0844. The number of hydrazine groups is 1. The Balaban J connectivity index is 1.41. The van der Waals surface area contributed by atoms with Gasteiger partial charge in [0, 0.05) is 25.8 Å². The Morgan fingerprint density at radius 1 is 1.16 bits per heavy atom. The molecule has 0 spiro atoms. The first kappa shape index (κ1) is 32.1. The maximum Gasteiger partial charge on any atom is 0.435 e. The molecule has 1 N–H and O–H groups in total. The van der Waals surface area contributed by atoms with E-state index in [0.29, 0.717) is 5.56 Å². The number of aryl methyl sites for hydroxylation is 1. The predicted molar refractivity (Wildman–Crippen MR) is 144 cm³/mol. The second-order valence-corrected chi connectivity index (χ2v) is 11.3. The van der Waals surface area contributed by atoms with Crippen molar-refractivity contribution < 1.29 is 50.5 Å². The van der Waals surface area contributed by atoms with E-state index in [1.165, 1.54) is 19.1 Å². The van der Waals surface area contributed by atoms with Crippen molar-refractivity contribution in [2.24, 2.45) is 5.28 Å². The summed E-state index contributed by atoms with van der Waals surface area (Å²) < 4.78 is 78.6. The summed E-state index contributed by atoms with van der Waals surface area (Å²) in [7, 11) is -4.44. The average Bonchev–Trinajstić information content (AvgIpc) is 3.59. The van der Waals surface area contributed by atoms with Crippen LogP contribution in [0.25, 0.3) is 16.9 Å². The largest absolute Gasteiger partial charge is 0.569 e. The van der Waals surface area contributed by atoms with E-state index in [1.807, 2.05) is 6.92 Å². The second kappa shape index (κ2) is 12.8. The topological polar surface area (TPSA) is 167 Å². The summed E-state index contributed by atoms with van der Waals surface area (Å²) in [6, 6.07) is 12.3. The number of sulfonamides is 1. The van der Waals surface area contributed by atoms with Crippen LogP contribution in [-0.4, -0.2) is 65.7 Å². The zero-order valence-electron chi connectivity index (χ0n) is 23.5. The first-order valence-electron chi connectivity index (χ1n) is 13.0. The lowest BCUT2D eigenvalue weighted by Gasteiger charge is -2.14. The molecular formula is C26H27F3N6O8S. The SMILES string of the molecule is CC(=O)OC(C)ON=[N+]([O-])N1CCC(OC(=O)NS(=O)(=O)c2ccc(-n3nc(C(F)(F)F)cc3-c3ccc(C)cc3)cc2)C1. The van der Waals surface area contributed by atoms with E-state index in [1.54, 1.807) is 29.0 Å². The van der Waals surface area contributed by atoms with Crippen molar-refractivity contribution in [2.75, 3.05) is 13.1 Å². The monoisotopic (exact) mass is 640 g/mol. The van der Waals surface area contributed by atoms with Gasteiger partial charge in [-0.25, -0.2) is 22.6 Å². The van der Waals surface area contributed by atoms with Crippen molar-refractivity contribution in [3.63, 3.8) is 0 Å². The minimum atomic E-state index is -4.72. The quantitative estimate of drug-likeness (QED) is 0.118. The number of benzene rings is 2. The molecule has 236 valence electrons. The van der Waals surface area contributed by atoms with Crippen molar-refractivity contribution in [1.82, 2.24) is 19.5 Å². The molecule has 1 amide bonds. The zero-order chi connectivity index (χ0) is 32.2. The fourth-order valence-electron chi connectivity index (χ4n) is 4.13. The molecule has 1 aliphatic rings. The van der Waals surface area contributed by atoms with Crippen LogP contribution >= 0.6 is 0 Å². The van der Waals surface area contributed by atoms with Gasteiger partial charge in [0.2, 0.25) is 5.28 Å². The van der Waals surface area contributed by atoms with Gasteiger partial charge in [0.1, 0.15) is 12.6 Å². The van der Waals surface area contributed by atoms with E-state index in [2.05, 4.69) is 15.1 Å². The number of esters is 1. The van der Waals surface area contributed by atoms with Gasteiger partial charge in [-0.3, -0.25) is 9.63 Å². The van der Waals surface area contributed by atoms with Crippen LogP contribution in [0.1, 0.15) is 31.5 Å². The summed E-state index contributed by atoms with van der Waals surface area (Å²) in [5.74, 6) is -0.638. The molecule has 3 aromatic rings. The van der Waals surface area contributed by atoms with E-state index in [0.717, 1.165) is 40.4 Å². The van der Waals surface area contributed by atoms with Crippen LogP contribution in [0.4, 0.5) is 18.0 Å². The van der Waals surface area contributed by atoms with Gasteiger partial charge in [-0.1, -0.05) is 29.8 Å². The van der Waals surface area contributed by atoms with E-state index >= 15 is 0 Å². The molecule has 2 aromatic carbocycles. The van der Waals surface area contributed by atoms with Crippen LogP contribution in [0.3, 0.4) is 0 Å². The molecule has 18 heteroatoms. The summed E-state index contributed by atoms with van der Waals surface area (Å²) in [6.45, 7) is 4.29. The molecule has 14 nitrogen and oxygen atoms in total. The van der Waals surface area contributed by atoms with E-state index < -0.39 is 46.4 Å². The number of rotatable bonds is 9. The summed E-state index contributed by atoms with van der Waals surface area (Å²) in [4.78, 5) is 27.7. The number of nitrogens with one attached hydrogen (secondary N) is 1. The first-order valence-corrected chi connectivity index (χ1v) is 14.4. The molecule has 0 aliphatic carbocycles. The Labute approximate surface area is 249 Å². The van der Waals surface area contributed by atoms with Crippen molar-refractivity contribution >= 4 is 22.1 Å². The third kappa shape index (κ3) is 7.94. The van der Waals surface area contributed by atoms with Crippen LogP contribution in [0, 0.1) is 12.1 Å². The lowest BCUT2D eigenvalue weighted by atomic mass is 10.1. The number of alkyl halides is 3. The third-order valence-corrected chi connectivity index (χ3v) is 7.52. The Morgan fingerprint density at radius 2 is 1.82 bits per heavy atom. The minimum Gasteiger partial charge on any atom is -0.569 e. The molecule has 1 fully saturated rings. The molecule has 1 aliphatic heterocycles. The number of carbonyl (C=O) groups excluding carboxylic acids is 2. The van der Waals surface area contributed by atoms with Gasteiger partial charge in [0.15, 0.2) is 5.69 Å². The Bertz CT molecular complexity index is 1640. The van der Waals surface area contributed by atoms with Gasteiger partial charge in [-0.15, -0.1) is 5.01 Å². The van der Waals surface area contributed by atoms with Crippen molar-refractivity contribution in [3.8, 4) is 16.9 Å². The maximum absolute atomic E-state index is 13.5. The molecule has 0 bridgehead atoms. The smallest absolute Gasteiger partial charge is 0.435 e. The van der Waals surface area contributed by atoms with Gasteiger partial charge in [0.25, 0.3) is 16.3 Å². The van der Waals surface area contributed by atoms with Gasteiger partial charge < -0.3 is 14.7 Å². The summed E-state index contributed by atoms with van der Waals surface area (Å²) >= 11 is 0. The molecule has 0 radical (unpaired) electrons. The number of nitrogens with zero attached hydrogens (tertiary/aromatic N) is 5. The molecule has 1 aromatic heterocycles. The molecule has 2 atom stereocenters. The molecule has 0 saturated carbocycles. The zero-order valence-corrected chi connectivity index (χ0v) is 24.3. The number of amides is 1. The lowest BCUT2D eigenvalue weighted by molar-refractivity contribution is -0.709. The van der Waals surface area contributed by atoms with E-state index in [9.17, 15) is 36.4 Å². The van der Waals surface area contributed by atoms with Gasteiger partial charge in [0.05, 0.1) is 27.8 Å². The number of carbonyl (C=O) groups is 2. The van der Waals surface area contributed by atoms with E-state index in [4.69, 9.17) is 9.57 Å². The Hall–Kier alpha value is -4.87. The van der Waals surface area contributed by atoms with Crippen molar-refractivity contribution in [1.29, 1.82) is 0 Å². The highest BCUT2D eigenvalue weighted by atomic mass is 32.2. The van der Waals surface area contributed by atoms with Crippen molar-refractivity contribution in [3.05, 3.63) is 71.1 Å². The molecule has 1 saturated heterocycles. The Kier molecular flexibility index (Phi) is 9.31. The summed E-state index contributed by atoms with van der Waals surface area (Å²) in [5, 5.41) is 20.1. The van der Waals surface area contributed by atoms with Crippen LogP contribution in [0.5, 0.6) is 0 Å². The number of halogens is 3. The highest BCUT2D eigenvalue weighted by molar-refractivity contribution is 7.90. The molecular weight excluding hydrogens is 613 g/mol. The predicted octanol–water partition coefficient (Wildman–Crippen LogP) is 4.07. The van der Waals surface area contributed by atoms with Gasteiger partial charge in [-0.2, -0.15) is 18.3 Å². The summed E-state index contributed by atoms with van der Waals surface area (Å²) in [5.41, 5.74) is 0.514. The Morgan fingerprint density at radius 3 is 2.43 bits per heavy atom. The fourth-order valence-corrected chi connectivity index (χ4v) is 5.01. The molecule has 4 rings (SSSR count). The summed E-state index contributed by atoms with van der Waals surface area (Å²) in [6.07, 6.45) is -7.84. The van der Waals surface area contributed by atoms with Crippen LogP contribution < -0.4 is 4.72 Å². The maximum atomic E-state index is 13.5. The molecule has 44 heavy (non-hydrogen) atoms. The van der Waals surface area contributed by atoms with Crippen molar-refractivity contribution in [2.45, 2.75) is 50.7 Å².